The maximum atomic E-state index is 8.14. The van der Waals surface area contributed by atoms with Crippen LogP contribution in [0.15, 0.2) is 0 Å². The lowest BCUT2D eigenvalue weighted by molar-refractivity contribution is -0.249. The van der Waals surface area contributed by atoms with Crippen LogP contribution in [0, 0.1) is 0 Å². The van der Waals surface area contributed by atoms with E-state index in [1.54, 1.807) is 0 Å². The number of hydrogen-bond acceptors (Lipinski definition) is 4. The van der Waals surface area contributed by atoms with Crippen molar-refractivity contribution in [1.29, 1.82) is 0 Å². The van der Waals surface area contributed by atoms with Crippen LogP contribution in [-0.2, 0) is 9.62 Å². The van der Waals surface area contributed by atoms with Crippen molar-refractivity contribution in [1.82, 2.24) is 0 Å². The van der Waals surface area contributed by atoms with Crippen LogP contribution in [0.25, 0.3) is 0 Å². The summed E-state index contributed by atoms with van der Waals surface area (Å²) >= 11 is 0. The monoisotopic (exact) mass is 122 g/mol. The van der Waals surface area contributed by atoms with E-state index in [0.29, 0.717) is 13.2 Å². The molecule has 50 valence electrons. The molecule has 0 amide bonds. The zero-order valence-electron chi connectivity index (χ0n) is 4.54. The van der Waals surface area contributed by atoms with Gasteiger partial charge in [0.15, 0.2) is 0 Å². The Morgan fingerprint density at radius 3 is 2.38 bits per heavy atom. The molecule has 0 heterocycles. The minimum atomic E-state index is 0.00539. The quantitative estimate of drug-likeness (QED) is 0.293. The van der Waals surface area contributed by atoms with Crippen LogP contribution in [0.5, 0.6) is 0 Å². The van der Waals surface area contributed by atoms with Crippen molar-refractivity contribution in [2.75, 3.05) is 26.4 Å². The summed E-state index contributed by atoms with van der Waals surface area (Å²) in [5.74, 6) is 0. The summed E-state index contributed by atoms with van der Waals surface area (Å²) < 4.78 is 4.69. The van der Waals surface area contributed by atoms with Crippen LogP contribution in [0.4, 0.5) is 0 Å². The second-order valence-corrected chi connectivity index (χ2v) is 1.17. The molecular weight excluding hydrogens is 112 g/mol. The van der Waals surface area contributed by atoms with Gasteiger partial charge in [0.25, 0.3) is 0 Å². The van der Waals surface area contributed by atoms with E-state index < -0.39 is 0 Å². The van der Waals surface area contributed by atoms with Gasteiger partial charge in [0, 0.05) is 0 Å². The van der Waals surface area contributed by atoms with Gasteiger partial charge in [-0.2, -0.15) is 0 Å². The third kappa shape index (κ3) is 5.84. The lowest BCUT2D eigenvalue weighted by Gasteiger charge is -1.96. The summed E-state index contributed by atoms with van der Waals surface area (Å²) in [6, 6.07) is 0. The molecule has 0 aliphatic heterocycles. The standard InChI is InChI=1S/C4H10O4/c5-1-2-7-3-4-8-6/h5-6H,1-4H2. The van der Waals surface area contributed by atoms with Gasteiger partial charge in [-0.05, 0) is 0 Å². The highest BCUT2D eigenvalue weighted by molar-refractivity contribution is 4.25. The van der Waals surface area contributed by atoms with E-state index in [1.807, 2.05) is 0 Å². The molecule has 4 heteroatoms. The Labute approximate surface area is 47.6 Å². The van der Waals surface area contributed by atoms with Crippen molar-refractivity contribution in [2.45, 2.75) is 0 Å². The topological polar surface area (TPSA) is 58.9 Å². The lowest BCUT2D eigenvalue weighted by Crippen LogP contribution is -2.05. The molecule has 0 radical (unpaired) electrons. The molecule has 2 N–H and O–H groups in total. The maximum Gasteiger partial charge on any atom is 0.105 e. The van der Waals surface area contributed by atoms with Crippen LogP contribution in [0.2, 0.25) is 0 Å². The summed E-state index contributed by atoms with van der Waals surface area (Å²) in [6.45, 7) is 0.770. The van der Waals surface area contributed by atoms with Crippen LogP contribution in [0.3, 0.4) is 0 Å². The van der Waals surface area contributed by atoms with Crippen molar-refractivity contribution in [2.24, 2.45) is 0 Å². The van der Waals surface area contributed by atoms with E-state index in [2.05, 4.69) is 9.62 Å². The summed E-state index contributed by atoms with van der Waals surface area (Å²) in [5, 5.41) is 15.9. The third-order valence-electron chi connectivity index (χ3n) is 0.555. The van der Waals surface area contributed by atoms with Gasteiger partial charge in [0.1, 0.15) is 6.61 Å². The Balaban J connectivity index is 2.53. The highest BCUT2D eigenvalue weighted by Gasteiger charge is 1.83. The molecule has 8 heavy (non-hydrogen) atoms. The first-order chi connectivity index (χ1) is 3.91. The molecule has 0 aromatic carbocycles. The average molecular weight is 122 g/mol. The smallest absolute Gasteiger partial charge is 0.105 e. The van der Waals surface area contributed by atoms with Crippen LogP contribution in [0.1, 0.15) is 0 Å². The first-order valence-electron chi connectivity index (χ1n) is 2.36. The SMILES string of the molecule is OCCOCCOO. The van der Waals surface area contributed by atoms with Gasteiger partial charge in [0.2, 0.25) is 0 Å². The Bertz CT molecular complexity index is 33.0. The summed E-state index contributed by atoms with van der Waals surface area (Å²) in [4.78, 5) is 3.68. The molecule has 0 aliphatic carbocycles. The molecule has 0 fully saturated rings. The molecular formula is C4H10O4. The van der Waals surface area contributed by atoms with E-state index in [4.69, 9.17) is 10.4 Å². The summed E-state index contributed by atoms with van der Waals surface area (Å²) in [6.07, 6.45) is 0. The van der Waals surface area contributed by atoms with Gasteiger partial charge in [-0.25, -0.2) is 4.89 Å². The average Bonchev–Trinajstić information content (AvgIpc) is 1.81. The van der Waals surface area contributed by atoms with E-state index in [1.165, 1.54) is 0 Å². The van der Waals surface area contributed by atoms with Gasteiger partial charge in [-0.15, -0.1) is 0 Å². The molecule has 0 aromatic rings. The Kier molecular flexibility index (Phi) is 6.70. The maximum absolute atomic E-state index is 8.14. The second-order valence-electron chi connectivity index (χ2n) is 1.17. The van der Waals surface area contributed by atoms with E-state index in [-0.39, 0.29) is 13.2 Å². The van der Waals surface area contributed by atoms with Gasteiger partial charge >= 0.3 is 0 Å². The van der Waals surface area contributed by atoms with E-state index >= 15 is 0 Å². The number of rotatable bonds is 5. The molecule has 0 aliphatic rings. The minimum Gasteiger partial charge on any atom is -0.394 e. The molecule has 0 spiro atoms. The Morgan fingerprint density at radius 2 is 1.88 bits per heavy atom. The fourth-order valence-electron chi connectivity index (χ4n) is 0.263. The minimum absolute atomic E-state index is 0.00539. The number of hydrogen-bond donors (Lipinski definition) is 2. The van der Waals surface area contributed by atoms with Gasteiger partial charge in [-0.1, -0.05) is 0 Å². The van der Waals surface area contributed by atoms with Gasteiger partial charge in [0.05, 0.1) is 19.8 Å². The predicted molar refractivity (Wildman–Crippen MR) is 26.5 cm³/mol. The zero-order chi connectivity index (χ0) is 6.24. The fraction of sp³-hybridized carbons (Fsp3) is 1.00. The van der Waals surface area contributed by atoms with Crippen LogP contribution in [-0.4, -0.2) is 36.8 Å². The molecule has 0 aromatic heterocycles. The van der Waals surface area contributed by atoms with Crippen molar-refractivity contribution in [3.05, 3.63) is 0 Å². The Hall–Kier alpha value is -0.160. The first kappa shape index (κ1) is 7.84. The molecule has 0 rings (SSSR count). The third-order valence-corrected chi connectivity index (χ3v) is 0.555. The molecule has 0 bridgehead atoms. The summed E-state index contributed by atoms with van der Waals surface area (Å²) in [7, 11) is 0. The molecule has 0 saturated heterocycles. The number of ether oxygens (including phenoxy) is 1. The number of aliphatic hydroxyl groups excluding tert-OH is 1. The largest absolute Gasteiger partial charge is 0.394 e. The lowest BCUT2D eigenvalue weighted by atomic mass is 10.7. The Morgan fingerprint density at radius 1 is 1.12 bits per heavy atom. The van der Waals surface area contributed by atoms with Gasteiger partial charge < -0.3 is 9.84 Å². The molecule has 0 saturated carbocycles. The van der Waals surface area contributed by atoms with Crippen LogP contribution >= 0.6 is 0 Å². The summed E-state index contributed by atoms with van der Waals surface area (Å²) in [5.41, 5.74) is 0. The molecule has 0 atom stereocenters. The highest BCUT2D eigenvalue weighted by atomic mass is 17.1. The van der Waals surface area contributed by atoms with Crippen molar-refractivity contribution in [3.63, 3.8) is 0 Å². The van der Waals surface area contributed by atoms with Crippen molar-refractivity contribution in [3.8, 4) is 0 Å². The van der Waals surface area contributed by atoms with E-state index in [9.17, 15) is 0 Å². The van der Waals surface area contributed by atoms with Crippen molar-refractivity contribution < 1.29 is 20.0 Å². The first-order valence-corrected chi connectivity index (χ1v) is 2.36. The van der Waals surface area contributed by atoms with Gasteiger partial charge in [-0.3, -0.25) is 5.26 Å². The highest BCUT2D eigenvalue weighted by Crippen LogP contribution is 1.72. The van der Waals surface area contributed by atoms with Crippen molar-refractivity contribution >= 4 is 0 Å². The number of aliphatic hydroxyl groups is 1. The molecule has 0 unspecified atom stereocenters. The zero-order valence-corrected chi connectivity index (χ0v) is 4.54. The van der Waals surface area contributed by atoms with Crippen LogP contribution < -0.4 is 0 Å². The fourth-order valence-corrected chi connectivity index (χ4v) is 0.263. The predicted octanol–water partition coefficient (Wildman–Crippen LogP) is -0.515. The van der Waals surface area contributed by atoms with E-state index in [0.717, 1.165) is 0 Å². The molecule has 4 nitrogen and oxygen atoms in total. The second kappa shape index (κ2) is 6.84. The normalized spacial score (nSPS) is 9.75.